The van der Waals surface area contributed by atoms with Gasteiger partial charge in [0, 0.05) is 38.0 Å². The van der Waals surface area contributed by atoms with Crippen LogP contribution in [0.3, 0.4) is 0 Å². The molecule has 3 rings (SSSR count). The van der Waals surface area contributed by atoms with E-state index in [0.29, 0.717) is 21.7 Å². The number of amides is 1. The molecule has 0 unspecified atom stereocenters. The maximum Gasteiger partial charge on any atom is 0.255 e. The first-order chi connectivity index (χ1) is 12.3. The fourth-order valence-corrected chi connectivity index (χ4v) is 3.59. The predicted molar refractivity (Wildman–Crippen MR) is 101 cm³/mol. The molecule has 0 spiro atoms. The number of rotatable bonds is 5. The van der Waals surface area contributed by atoms with Crippen LogP contribution in [-0.4, -0.2) is 45.2 Å². The van der Waals surface area contributed by atoms with Gasteiger partial charge in [0.1, 0.15) is 0 Å². The van der Waals surface area contributed by atoms with Gasteiger partial charge in [-0.2, -0.15) is 0 Å². The molecule has 7 heteroatoms. The Labute approximate surface area is 155 Å². The van der Waals surface area contributed by atoms with E-state index in [1.807, 2.05) is 25.3 Å². The van der Waals surface area contributed by atoms with Crippen LogP contribution < -0.4 is 0 Å². The molecule has 0 radical (unpaired) electrons. The number of ketones is 1. The van der Waals surface area contributed by atoms with Gasteiger partial charge in [-0.3, -0.25) is 9.59 Å². The molecule has 26 heavy (non-hydrogen) atoms. The first-order valence-electron chi connectivity index (χ1n) is 8.29. The van der Waals surface area contributed by atoms with Gasteiger partial charge in [0.15, 0.2) is 17.2 Å². The minimum atomic E-state index is -0.216. The average Bonchev–Trinajstić information content (AvgIpc) is 3.23. The Morgan fingerprint density at radius 1 is 1.31 bits per heavy atom. The Balaban J connectivity index is 2.06. The number of aromatic nitrogens is 2. The summed E-state index contributed by atoms with van der Waals surface area (Å²) in [6, 6.07) is 3.61. The number of thiophene rings is 1. The van der Waals surface area contributed by atoms with Gasteiger partial charge in [-0.05, 0) is 31.7 Å². The minimum absolute atomic E-state index is 0.00164. The number of fused-ring (bicyclic) bond motifs is 1. The summed E-state index contributed by atoms with van der Waals surface area (Å²) in [6.07, 6.45) is 2.20. The van der Waals surface area contributed by atoms with Gasteiger partial charge in [0.05, 0.1) is 16.1 Å². The summed E-state index contributed by atoms with van der Waals surface area (Å²) < 4.78 is 1.73. The first-order valence-corrected chi connectivity index (χ1v) is 9.17. The minimum Gasteiger partial charge on any atom is -0.504 e. The lowest BCUT2D eigenvalue weighted by molar-refractivity contribution is 0.0824. The number of nitrogens with zero attached hydrogens (tertiary/aromatic N) is 3. The van der Waals surface area contributed by atoms with Gasteiger partial charge in [0.2, 0.25) is 0 Å². The zero-order valence-electron chi connectivity index (χ0n) is 15.2. The standard InChI is InChI=1S/C19H21N3O3S/c1-11-12(2)22-10-14(19(25)21(3)4)13(17(24)18(22)20-11)7-8-15(23)16-6-5-9-26-16/h5-6,9-10,24H,7-8H2,1-4H3. The van der Waals surface area contributed by atoms with Crippen LogP contribution in [0.1, 0.15) is 43.4 Å². The Bertz CT molecular complexity index is 988. The van der Waals surface area contributed by atoms with E-state index in [9.17, 15) is 14.7 Å². The van der Waals surface area contributed by atoms with Gasteiger partial charge in [0.25, 0.3) is 5.91 Å². The molecule has 6 nitrogen and oxygen atoms in total. The highest BCUT2D eigenvalue weighted by Crippen LogP contribution is 2.30. The number of hydrogen-bond donors (Lipinski definition) is 1. The average molecular weight is 371 g/mol. The lowest BCUT2D eigenvalue weighted by Gasteiger charge is -2.16. The van der Waals surface area contributed by atoms with Gasteiger partial charge >= 0.3 is 0 Å². The number of pyridine rings is 1. The Morgan fingerprint density at radius 2 is 2.04 bits per heavy atom. The molecular formula is C19H21N3O3S. The summed E-state index contributed by atoms with van der Waals surface area (Å²) in [7, 11) is 3.33. The van der Waals surface area contributed by atoms with Crippen LogP contribution in [0.2, 0.25) is 0 Å². The highest BCUT2D eigenvalue weighted by molar-refractivity contribution is 7.12. The summed E-state index contributed by atoms with van der Waals surface area (Å²) in [6.45, 7) is 3.74. The summed E-state index contributed by atoms with van der Waals surface area (Å²) in [5.74, 6) is -0.252. The fraction of sp³-hybridized carbons (Fsp3) is 0.316. The molecule has 0 aliphatic carbocycles. The summed E-state index contributed by atoms with van der Waals surface area (Å²) in [4.78, 5) is 31.5. The molecule has 0 fully saturated rings. The highest BCUT2D eigenvalue weighted by Gasteiger charge is 2.23. The van der Waals surface area contributed by atoms with Crippen LogP contribution in [0.5, 0.6) is 5.75 Å². The fourth-order valence-electron chi connectivity index (χ4n) is 2.90. The molecule has 0 saturated heterocycles. The van der Waals surface area contributed by atoms with Crippen molar-refractivity contribution in [2.75, 3.05) is 14.1 Å². The van der Waals surface area contributed by atoms with Crippen LogP contribution in [0.15, 0.2) is 23.7 Å². The van der Waals surface area contributed by atoms with E-state index >= 15 is 0 Å². The SMILES string of the molecule is Cc1nc2c(O)c(CCC(=O)c3cccs3)c(C(=O)N(C)C)cn2c1C. The van der Waals surface area contributed by atoms with Crippen molar-refractivity contribution >= 4 is 28.7 Å². The number of aryl methyl sites for hydroxylation is 2. The van der Waals surface area contributed by atoms with Crippen LogP contribution >= 0.6 is 11.3 Å². The van der Waals surface area contributed by atoms with Crippen molar-refractivity contribution in [3.05, 3.63) is 51.1 Å². The molecule has 0 atom stereocenters. The smallest absolute Gasteiger partial charge is 0.255 e. The maximum atomic E-state index is 12.7. The van der Waals surface area contributed by atoms with Crippen LogP contribution in [-0.2, 0) is 6.42 Å². The number of carbonyl (C=O) groups is 2. The van der Waals surface area contributed by atoms with Crippen LogP contribution in [0.25, 0.3) is 5.65 Å². The molecule has 0 aliphatic rings. The topological polar surface area (TPSA) is 74.9 Å². The van der Waals surface area contributed by atoms with Crippen LogP contribution in [0, 0.1) is 13.8 Å². The summed E-state index contributed by atoms with van der Waals surface area (Å²) in [5, 5.41) is 12.6. The van der Waals surface area contributed by atoms with E-state index in [1.165, 1.54) is 16.2 Å². The molecule has 1 N–H and O–H groups in total. The molecule has 3 heterocycles. The van der Waals surface area contributed by atoms with E-state index in [-0.39, 0.29) is 30.3 Å². The third-order valence-electron chi connectivity index (χ3n) is 4.50. The highest BCUT2D eigenvalue weighted by atomic mass is 32.1. The van der Waals surface area contributed by atoms with E-state index in [1.54, 1.807) is 30.8 Å². The van der Waals surface area contributed by atoms with Crippen molar-refractivity contribution in [1.29, 1.82) is 0 Å². The zero-order valence-corrected chi connectivity index (χ0v) is 16.1. The second-order valence-corrected chi connectivity index (χ2v) is 7.39. The summed E-state index contributed by atoms with van der Waals surface area (Å²) in [5.41, 5.74) is 2.92. The van der Waals surface area contributed by atoms with Crippen molar-refractivity contribution in [3.8, 4) is 5.75 Å². The quantitative estimate of drug-likeness (QED) is 0.699. The van der Waals surface area contributed by atoms with Crippen molar-refractivity contribution in [2.45, 2.75) is 26.7 Å². The number of Topliss-reactive ketones (excluding diaryl/α,β-unsaturated/α-hetero) is 1. The Kier molecular flexibility index (Phi) is 4.82. The number of carbonyl (C=O) groups excluding carboxylic acids is 2. The number of hydrogen-bond acceptors (Lipinski definition) is 5. The lowest BCUT2D eigenvalue weighted by atomic mass is 10.0. The largest absolute Gasteiger partial charge is 0.504 e. The van der Waals surface area contributed by atoms with Gasteiger partial charge < -0.3 is 14.4 Å². The molecule has 3 aromatic rings. The molecule has 1 amide bonds. The molecule has 3 aromatic heterocycles. The van der Waals surface area contributed by atoms with Gasteiger partial charge in [-0.25, -0.2) is 4.98 Å². The van der Waals surface area contributed by atoms with E-state index < -0.39 is 0 Å². The van der Waals surface area contributed by atoms with Crippen molar-refractivity contribution in [1.82, 2.24) is 14.3 Å². The Morgan fingerprint density at radius 3 is 2.65 bits per heavy atom. The summed E-state index contributed by atoms with van der Waals surface area (Å²) >= 11 is 1.39. The number of aromatic hydroxyl groups is 1. The van der Waals surface area contributed by atoms with Crippen molar-refractivity contribution in [2.24, 2.45) is 0 Å². The van der Waals surface area contributed by atoms with Gasteiger partial charge in [-0.1, -0.05) is 6.07 Å². The molecule has 0 aromatic carbocycles. The number of imidazole rings is 1. The lowest BCUT2D eigenvalue weighted by Crippen LogP contribution is -2.24. The Hall–Kier alpha value is -2.67. The first kappa shape index (κ1) is 18.1. The molecule has 0 bridgehead atoms. The second kappa shape index (κ2) is 6.92. The maximum absolute atomic E-state index is 12.7. The molecule has 0 aliphatic heterocycles. The van der Waals surface area contributed by atoms with E-state index in [0.717, 1.165) is 11.4 Å². The van der Waals surface area contributed by atoms with Crippen LogP contribution in [0.4, 0.5) is 0 Å². The normalized spacial score (nSPS) is 11.1. The predicted octanol–water partition coefficient (Wildman–Crippen LogP) is 3.24. The molecule has 136 valence electrons. The second-order valence-electron chi connectivity index (χ2n) is 6.45. The molecular weight excluding hydrogens is 350 g/mol. The van der Waals surface area contributed by atoms with Gasteiger partial charge in [-0.15, -0.1) is 11.3 Å². The monoisotopic (exact) mass is 371 g/mol. The van der Waals surface area contributed by atoms with Crippen molar-refractivity contribution in [3.63, 3.8) is 0 Å². The van der Waals surface area contributed by atoms with E-state index in [4.69, 9.17) is 0 Å². The molecule has 0 saturated carbocycles. The third kappa shape index (κ3) is 3.10. The van der Waals surface area contributed by atoms with Crippen molar-refractivity contribution < 1.29 is 14.7 Å². The third-order valence-corrected chi connectivity index (χ3v) is 5.41. The zero-order chi connectivity index (χ0) is 19.0. The van der Waals surface area contributed by atoms with E-state index in [2.05, 4.69) is 4.98 Å².